The third-order valence-corrected chi connectivity index (χ3v) is 3.50. The highest BCUT2D eigenvalue weighted by Crippen LogP contribution is 2.18. The van der Waals surface area contributed by atoms with E-state index in [0.717, 1.165) is 0 Å². The number of hydrogen-bond donors (Lipinski definition) is 2. The standard InChI is InChI=1S/C15H27N3O4/c1-4-22-14(20)12-5-7-18(8-6-12)10-13(19)17-15(21)16-9-11(2)3/h11-12H,4-10H2,1-3H3,(H2,16,17,19,21). The van der Waals surface area contributed by atoms with E-state index in [1.165, 1.54) is 0 Å². The van der Waals surface area contributed by atoms with E-state index < -0.39 is 6.03 Å². The molecular formula is C15H27N3O4. The summed E-state index contributed by atoms with van der Waals surface area (Å²) in [5, 5.41) is 4.95. The average molecular weight is 313 g/mol. The van der Waals surface area contributed by atoms with Gasteiger partial charge in [0.15, 0.2) is 0 Å². The Hall–Kier alpha value is -1.63. The zero-order valence-electron chi connectivity index (χ0n) is 13.7. The number of nitrogens with one attached hydrogen (secondary N) is 2. The topological polar surface area (TPSA) is 87.7 Å². The minimum Gasteiger partial charge on any atom is -0.466 e. The Morgan fingerprint density at radius 3 is 2.41 bits per heavy atom. The summed E-state index contributed by atoms with van der Waals surface area (Å²) in [5.74, 6) is -0.216. The number of imide groups is 1. The fourth-order valence-corrected chi connectivity index (χ4v) is 2.30. The molecule has 1 fully saturated rings. The molecule has 7 nitrogen and oxygen atoms in total. The third kappa shape index (κ3) is 6.89. The molecule has 0 aromatic carbocycles. The highest BCUT2D eigenvalue weighted by Gasteiger charge is 2.26. The number of nitrogens with zero attached hydrogens (tertiary/aromatic N) is 1. The van der Waals surface area contributed by atoms with Crippen LogP contribution < -0.4 is 10.6 Å². The molecule has 1 aliphatic heterocycles. The van der Waals surface area contributed by atoms with Gasteiger partial charge in [0, 0.05) is 6.54 Å². The minimum atomic E-state index is -0.458. The molecule has 22 heavy (non-hydrogen) atoms. The van der Waals surface area contributed by atoms with Gasteiger partial charge in [0.2, 0.25) is 5.91 Å². The predicted molar refractivity (Wildman–Crippen MR) is 82.2 cm³/mol. The molecular weight excluding hydrogens is 286 g/mol. The van der Waals surface area contributed by atoms with Crippen molar-refractivity contribution in [3.05, 3.63) is 0 Å². The molecule has 7 heteroatoms. The molecule has 0 saturated carbocycles. The van der Waals surface area contributed by atoms with Gasteiger partial charge >= 0.3 is 12.0 Å². The lowest BCUT2D eigenvalue weighted by Crippen LogP contribution is -2.47. The molecule has 0 bridgehead atoms. The Kier molecular flexibility index (Phi) is 7.87. The van der Waals surface area contributed by atoms with Crippen LogP contribution in [0.5, 0.6) is 0 Å². The van der Waals surface area contributed by atoms with Crippen LogP contribution in [0.4, 0.5) is 4.79 Å². The van der Waals surface area contributed by atoms with Gasteiger partial charge in [-0.1, -0.05) is 13.8 Å². The maximum absolute atomic E-state index is 11.8. The van der Waals surface area contributed by atoms with Crippen LogP contribution in [0, 0.1) is 11.8 Å². The van der Waals surface area contributed by atoms with Gasteiger partial charge in [0.25, 0.3) is 0 Å². The number of likely N-dealkylation sites (tertiary alicyclic amines) is 1. The van der Waals surface area contributed by atoms with E-state index in [4.69, 9.17) is 4.74 Å². The fraction of sp³-hybridized carbons (Fsp3) is 0.800. The number of esters is 1. The number of hydrogen-bond acceptors (Lipinski definition) is 5. The largest absolute Gasteiger partial charge is 0.466 e. The second kappa shape index (κ2) is 9.40. The van der Waals surface area contributed by atoms with Crippen molar-refractivity contribution < 1.29 is 19.1 Å². The molecule has 126 valence electrons. The maximum Gasteiger partial charge on any atom is 0.321 e. The van der Waals surface area contributed by atoms with Gasteiger partial charge in [0.05, 0.1) is 19.1 Å². The first-order valence-corrected chi connectivity index (χ1v) is 7.89. The summed E-state index contributed by atoms with van der Waals surface area (Å²) in [6.45, 7) is 8.17. The molecule has 0 unspecified atom stereocenters. The first kappa shape index (κ1) is 18.4. The molecule has 1 aliphatic rings. The lowest BCUT2D eigenvalue weighted by molar-refractivity contribution is -0.149. The number of piperidine rings is 1. The Labute approximate surface area is 131 Å². The zero-order chi connectivity index (χ0) is 16.5. The van der Waals surface area contributed by atoms with Gasteiger partial charge in [-0.3, -0.25) is 19.8 Å². The second-order valence-corrected chi connectivity index (χ2v) is 5.95. The van der Waals surface area contributed by atoms with Gasteiger partial charge in [-0.25, -0.2) is 4.79 Å². The molecule has 1 heterocycles. The van der Waals surface area contributed by atoms with Gasteiger partial charge in [-0.05, 0) is 38.8 Å². The van der Waals surface area contributed by atoms with Crippen LogP contribution in [-0.2, 0) is 14.3 Å². The van der Waals surface area contributed by atoms with E-state index in [9.17, 15) is 14.4 Å². The summed E-state index contributed by atoms with van der Waals surface area (Å²) in [5.41, 5.74) is 0. The molecule has 3 amide bonds. The normalized spacial score (nSPS) is 16.4. The molecule has 2 N–H and O–H groups in total. The van der Waals surface area contributed by atoms with Gasteiger partial charge in [-0.2, -0.15) is 0 Å². The summed E-state index contributed by atoms with van der Waals surface area (Å²) >= 11 is 0. The molecule has 0 aromatic rings. The van der Waals surface area contributed by atoms with Crippen molar-refractivity contribution in [3.8, 4) is 0 Å². The zero-order valence-corrected chi connectivity index (χ0v) is 13.7. The smallest absolute Gasteiger partial charge is 0.321 e. The van der Waals surface area contributed by atoms with E-state index in [-0.39, 0.29) is 24.3 Å². The van der Waals surface area contributed by atoms with Gasteiger partial charge in [0.1, 0.15) is 0 Å². The lowest BCUT2D eigenvalue weighted by atomic mass is 9.97. The Balaban J connectivity index is 2.24. The van der Waals surface area contributed by atoms with Crippen LogP contribution in [-0.4, -0.2) is 55.6 Å². The predicted octanol–water partition coefficient (Wildman–Crippen LogP) is 0.743. The minimum absolute atomic E-state index is 0.0754. The lowest BCUT2D eigenvalue weighted by Gasteiger charge is -2.30. The van der Waals surface area contributed by atoms with Crippen LogP contribution in [0.25, 0.3) is 0 Å². The van der Waals surface area contributed by atoms with Crippen molar-refractivity contribution >= 4 is 17.9 Å². The van der Waals surface area contributed by atoms with E-state index in [1.54, 1.807) is 6.92 Å². The Morgan fingerprint density at radius 1 is 1.23 bits per heavy atom. The number of rotatable bonds is 6. The number of carbonyl (C=O) groups excluding carboxylic acids is 3. The van der Waals surface area contributed by atoms with Crippen LogP contribution in [0.1, 0.15) is 33.6 Å². The van der Waals surface area contributed by atoms with Crippen molar-refractivity contribution in [3.63, 3.8) is 0 Å². The quantitative estimate of drug-likeness (QED) is 0.706. The summed E-state index contributed by atoms with van der Waals surface area (Å²) in [4.78, 5) is 36.8. The Morgan fingerprint density at radius 2 is 1.86 bits per heavy atom. The molecule has 0 aromatic heterocycles. The maximum atomic E-state index is 11.8. The summed E-state index contributed by atoms with van der Waals surface area (Å²) in [6.07, 6.45) is 1.37. The SMILES string of the molecule is CCOC(=O)C1CCN(CC(=O)NC(=O)NCC(C)C)CC1. The van der Waals surface area contributed by atoms with Crippen molar-refractivity contribution in [2.75, 3.05) is 32.8 Å². The molecule has 0 radical (unpaired) electrons. The van der Waals surface area contributed by atoms with Crippen molar-refractivity contribution in [1.82, 2.24) is 15.5 Å². The first-order chi connectivity index (χ1) is 10.4. The van der Waals surface area contributed by atoms with Gasteiger partial charge < -0.3 is 10.1 Å². The van der Waals surface area contributed by atoms with Crippen LogP contribution in [0.2, 0.25) is 0 Å². The molecule has 1 saturated heterocycles. The molecule has 0 aliphatic carbocycles. The van der Waals surface area contributed by atoms with Gasteiger partial charge in [-0.15, -0.1) is 0 Å². The number of carbonyl (C=O) groups is 3. The van der Waals surface area contributed by atoms with Crippen molar-refractivity contribution in [2.24, 2.45) is 11.8 Å². The summed E-state index contributed by atoms with van der Waals surface area (Å²) in [6, 6.07) is -0.458. The van der Waals surface area contributed by atoms with Crippen molar-refractivity contribution in [2.45, 2.75) is 33.6 Å². The monoisotopic (exact) mass is 313 g/mol. The van der Waals surface area contributed by atoms with E-state index in [0.29, 0.717) is 45.0 Å². The van der Waals surface area contributed by atoms with E-state index >= 15 is 0 Å². The fourth-order valence-electron chi connectivity index (χ4n) is 2.30. The number of amides is 3. The van der Waals surface area contributed by atoms with Crippen LogP contribution in [0.15, 0.2) is 0 Å². The van der Waals surface area contributed by atoms with E-state index in [2.05, 4.69) is 10.6 Å². The van der Waals surface area contributed by atoms with Crippen LogP contribution in [0.3, 0.4) is 0 Å². The molecule has 1 rings (SSSR count). The Bertz CT molecular complexity index is 390. The highest BCUT2D eigenvalue weighted by molar-refractivity contribution is 5.95. The molecule has 0 atom stereocenters. The second-order valence-electron chi connectivity index (χ2n) is 5.95. The van der Waals surface area contributed by atoms with Crippen molar-refractivity contribution in [1.29, 1.82) is 0 Å². The highest BCUT2D eigenvalue weighted by atomic mass is 16.5. The number of urea groups is 1. The third-order valence-electron chi connectivity index (χ3n) is 3.50. The average Bonchev–Trinajstić information content (AvgIpc) is 2.46. The molecule has 0 spiro atoms. The van der Waals surface area contributed by atoms with E-state index in [1.807, 2.05) is 18.7 Å². The summed E-state index contributed by atoms with van der Waals surface area (Å²) in [7, 11) is 0. The van der Waals surface area contributed by atoms with Crippen LogP contribution >= 0.6 is 0 Å². The summed E-state index contributed by atoms with van der Waals surface area (Å²) < 4.78 is 5.01. The number of ether oxygens (including phenoxy) is 1. The first-order valence-electron chi connectivity index (χ1n) is 7.89.